The van der Waals surface area contributed by atoms with Gasteiger partial charge in [-0.05, 0) is 40.0 Å². The normalized spacial score (nSPS) is 28.3. The Bertz CT molecular complexity index is 608. The lowest BCUT2D eigenvalue weighted by molar-refractivity contribution is 0.119. The summed E-state index contributed by atoms with van der Waals surface area (Å²) < 4.78 is 2.31. The molecule has 1 saturated carbocycles. The van der Waals surface area contributed by atoms with Crippen molar-refractivity contribution in [2.24, 2.45) is 0 Å². The van der Waals surface area contributed by atoms with Gasteiger partial charge in [0.2, 0.25) is 0 Å². The highest BCUT2D eigenvalue weighted by atomic mass is 16.2. The molecule has 1 aliphatic carbocycles. The maximum Gasteiger partial charge on any atom is 0.318 e. The Hall–Kier alpha value is -1.63. The van der Waals surface area contributed by atoms with Crippen molar-refractivity contribution in [3.63, 3.8) is 0 Å². The van der Waals surface area contributed by atoms with Crippen molar-refractivity contribution >= 4 is 6.03 Å². The van der Waals surface area contributed by atoms with Gasteiger partial charge < -0.3 is 14.8 Å². The molecule has 0 radical (unpaired) electrons. The predicted octanol–water partition coefficient (Wildman–Crippen LogP) is 1.30. The molecule has 23 heavy (non-hydrogen) atoms. The van der Waals surface area contributed by atoms with E-state index in [1.54, 1.807) is 0 Å². The molecular formula is C16H26N6O. The molecule has 1 aromatic rings. The van der Waals surface area contributed by atoms with Gasteiger partial charge in [0, 0.05) is 25.2 Å². The molecule has 126 valence electrons. The van der Waals surface area contributed by atoms with E-state index in [-0.39, 0.29) is 18.1 Å². The summed E-state index contributed by atoms with van der Waals surface area (Å²) in [7, 11) is 0. The number of nitrogens with one attached hydrogen (secondary N) is 1. The van der Waals surface area contributed by atoms with Crippen molar-refractivity contribution in [1.82, 2.24) is 29.9 Å². The number of piperidine rings is 1. The summed E-state index contributed by atoms with van der Waals surface area (Å²) in [6, 6.07) is 1.53. The molecule has 1 N–H and O–H groups in total. The van der Waals surface area contributed by atoms with Gasteiger partial charge in [-0.2, -0.15) is 0 Å². The van der Waals surface area contributed by atoms with Crippen molar-refractivity contribution < 1.29 is 4.79 Å². The number of carbonyl (C=O) groups is 1. The summed E-state index contributed by atoms with van der Waals surface area (Å²) in [6.07, 6.45) is 3.52. The van der Waals surface area contributed by atoms with Crippen LogP contribution in [0.4, 0.5) is 4.79 Å². The van der Waals surface area contributed by atoms with Crippen LogP contribution >= 0.6 is 0 Å². The highest BCUT2D eigenvalue weighted by molar-refractivity contribution is 5.78. The van der Waals surface area contributed by atoms with Gasteiger partial charge in [-0.1, -0.05) is 0 Å². The van der Waals surface area contributed by atoms with E-state index < -0.39 is 0 Å². The summed E-state index contributed by atoms with van der Waals surface area (Å²) >= 11 is 0. The topological polar surface area (TPSA) is 66.3 Å². The van der Waals surface area contributed by atoms with Crippen molar-refractivity contribution in [2.75, 3.05) is 13.1 Å². The monoisotopic (exact) mass is 318 g/mol. The lowest BCUT2D eigenvalue weighted by atomic mass is 9.99. The fourth-order valence-corrected chi connectivity index (χ4v) is 4.16. The Kier molecular flexibility index (Phi) is 3.55. The first-order chi connectivity index (χ1) is 11.0. The molecule has 0 aromatic carbocycles. The SMILES string of the molecule is Cc1nnc(CN2CC[C@H]3[C@@H](C2)NC(=O)N3C(C)C)n1C1CC1. The molecule has 2 amide bonds. The molecule has 3 fully saturated rings. The first-order valence-corrected chi connectivity index (χ1v) is 8.76. The molecule has 3 aliphatic rings. The van der Waals surface area contributed by atoms with Crippen LogP contribution in [-0.2, 0) is 6.54 Å². The van der Waals surface area contributed by atoms with Gasteiger partial charge in [0.1, 0.15) is 11.6 Å². The Balaban J connectivity index is 1.44. The third kappa shape index (κ3) is 2.60. The van der Waals surface area contributed by atoms with Crippen molar-refractivity contribution in [1.29, 1.82) is 0 Å². The largest absolute Gasteiger partial charge is 0.332 e. The zero-order valence-corrected chi connectivity index (χ0v) is 14.2. The number of urea groups is 1. The van der Waals surface area contributed by atoms with E-state index in [1.165, 1.54) is 12.8 Å². The average molecular weight is 318 g/mol. The number of carbonyl (C=O) groups excluding carboxylic acids is 1. The number of likely N-dealkylation sites (tertiary alicyclic amines) is 1. The second-order valence-electron chi connectivity index (χ2n) is 7.41. The standard InChI is InChI=1S/C16H26N6O/c1-10(2)21-14-6-7-20(8-13(14)17-16(21)23)9-15-19-18-11(3)22(15)12-4-5-12/h10,12-14H,4-9H2,1-3H3,(H,17,23)/t13-,14+/m1/s1. The van der Waals surface area contributed by atoms with Gasteiger partial charge >= 0.3 is 6.03 Å². The van der Waals surface area contributed by atoms with Crippen LogP contribution in [0.2, 0.25) is 0 Å². The van der Waals surface area contributed by atoms with E-state index in [1.807, 2.05) is 11.8 Å². The maximum absolute atomic E-state index is 12.2. The van der Waals surface area contributed by atoms with Crippen LogP contribution in [0, 0.1) is 6.92 Å². The zero-order chi connectivity index (χ0) is 16.1. The smallest absolute Gasteiger partial charge is 0.318 e. The summed E-state index contributed by atoms with van der Waals surface area (Å²) in [6.45, 7) is 8.97. The Morgan fingerprint density at radius 1 is 1.26 bits per heavy atom. The van der Waals surface area contributed by atoms with E-state index in [9.17, 15) is 4.79 Å². The number of rotatable bonds is 4. The van der Waals surface area contributed by atoms with Crippen LogP contribution in [0.25, 0.3) is 0 Å². The summed E-state index contributed by atoms with van der Waals surface area (Å²) in [5.74, 6) is 2.10. The number of hydrogen-bond acceptors (Lipinski definition) is 4. The fraction of sp³-hybridized carbons (Fsp3) is 0.812. The molecule has 7 nitrogen and oxygen atoms in total. The minimum absolute atomic E-state index is 0.0915. The number of aryl methyl sites for hydroxylation is 1. The van der Waals surface area contributed by atoms with E-state index in [4.69, 9.17) is 0 Å². The van der Waals surface area contributed by atoms with E-state index in [0.29, 0.717) is 12.1 Å². The molecule has 3 heterocycles. The second kappa shape index (κ2) is 5.47. The molecule has 4 rings (SSSR count). The predicted molar refractivity (Wildman–Crippen MR) is 86.0 cm³/mol. The second-order valence-corrected chi connectivity index (χ2v) is 7.41. The minimum atomic E-state index is 0.0915. The molecule has 1 aromatic heterocycles. The maximum atomic E-state index is 12.2. The van der Waals surface area contributed by atoms with Gasteiger partial charge in [0.25, 0.3) is 0 Å². The lowest BCUT2D eigenvalue weighted by Gasteiger charge is -2.37. The summed E-state index contributed by atoms with van der Waals surface area (Å²) in [4.78, 5) is 16.6. The molecule has 2 saturated heterocycles. The highest BCUT2D eigenvalue weighted by Gasteiger charge is 2.43. The highest BCUT2D eigenvalue weighted by Crippen LogP contribution is 2.36. The van der Waals surface area contributed by atoms with Crippen LogP contribution in [-0.4, -0.2) is 61.8 Å². The van der Waals surface area contributed by atoms with Crippen LogP contribution in [0.15, 0.2) is 0 Å². The molecule has 0 spiro atoms. The molecular weight excluding hydrogens is 292 g/mol. The third-order valence-corrected chi connectivity index (χ3v) is 5.33. The molecule has 2 aliphatic heterocycles. The van der Waals surface area contributed by atoms with E-state index >= 15 is 0 Å². The zero-order valence-electron chi connectivity index (χ0n) is 14.2. The van der Waals surface area contributed by atoms with Crippen LogP contribution in [0.5, 0.6) is 0 Å². The number of nitrogens with zero attached hydrogens (tertiary/aromatic N) is 5. The fourth-order valence-electron chi connectivity index (χ4n) is 4.16. The Morgan fingerprint density at radius 3 is 2.74 bits per heavy atom. The average Bonchev–Trinajstić information content (AvgIpc) is 3.17. The lowest BCUT2D eigenvalue weighted by Crippen LogP contribution is -2.52. The van der Waals surface area contributed by atoms with Crippen LogP contribution < -0.4 is 5.32 Å². The molecule has 0 bridgehead atoms. The van der Waals surface area contributed by atoms with Gasteiger partial charge in [-0.15, -0.1) is 10.2 Å². The van der Waals surface area contributed by atoms with Gasteiger partial charge in [-0.3, -0.25) is 4.90 Å². The first kappa shape index (κ1) is 14.9. The summed E-state index contributed by atoms with van der Waals surface area (Å²) in [5.41, 5.74) is 0. The quantitative estimate of drug-likeness (QED) is 0.909. The first-order valence-electron chi connectivity index (χ1n) is 8.76. The number of aromatic nitrogens is 3. The minimum Gasteiger partial charge on any atom is -0.332 e. The molecule has 0 unspecified atom stereocenters. The van der Waals surface area contributed by atoms with E-state index in [2.05, 4.69) is 38.8 Å². The van der Waals surface area contributed by atoms with Gasteiger partial charge in [0.05, 0.1) is 18.6 Å². The van der Waals surface area contributed by atoms with Gasteiger partial charge in [-0.25, -0.2) is 4.79 Å². The molecule has 2 atom stereocenters. The Morgan fingerprint density at radius 2 is 2.04 bits per heavy atom. The third-order valence-electron chi connectivity index (χ3n) is 5.33. The van der Waals surface area contributed by atoms with Crippen molar-refractivity contribution in [2.45, 2.75) is 70.7 Å². The molecule has 7 heteroatoms. The Labute approximate surface area is 137 Å². The number of fused-ring (bicyclic) bond motifs is 1. The van der Waals surface area contributed by atoms with E-state index in [0.717, 1.165) is 37.7 Å². The number of amides is 2. The van der Waals surface area contributed by atoms with Crippen molar-refractivity contribution in [3.05, 3.63) is 11.6 Å². The van der Waals surface area contributed by atoms with Crippen LogP contribution in [0.3, 0.4) is 0 Å². The number of hydrogen-bond donors (Lipinski definition) is 1. The summed E-state index contributed by atoms with van der Waals surface area (Å²) in [5, 5.41) is 11.8. The van der Waals surface area contributed by atoms with Crippen molar-refractivity contribution in [3.8, 4) is 0 Å². The van der Waals surface area contributed by atoms with Crippen LogP contribution in [0.1, 0.15) is 50.8 Å². The van der Waals surface area contributed by atoms with Gasteiger partial charge in [0.15, 0.2) is 0 Å².